The maximum absolute atomic E-state index is 6.18. The van der Waals surface area contributed by atoms with Crippen LogP contribution in [0.2, 0.25) is 0 Å². The summed E-state index contributed by atoms with van der Waals surface area (Å²) in [7, 11) is 0. The molecule has 6 heteroatoms. The van der Waals surface area contributed by atoms with Crippen molar-refractivity contribution in [2.24, 2.45) is 0 Å². The summed E-state index contributed by atoms with van der Waals surface area (Å²) in [4.78, 5) is 0. The highest BCUT2D eigenvalue weighted by Crippen LogP contribution is 2.37. The fourth-order valence-electron chi connectivity index (χ4n) is 5.44. The zero-order chi connectivity index (χ0) is 29.3. The zero-order valence-electron chi connectivity index (χ0n) is 23.5. The molecule has 0 saturated carbocycles. The Kier molecular flexibility index (Phi) is 6.35. The molecular formula is C38H24N4O2. The number of aromatic nitrogens is 4. The molecule has 8 rings (SSSR count). The van der Waals surface area contributed by atoms with Gasteiger partial charge in [0, 0.05) is 22.3 Å². The topological polar surface area (TPSA) is 77.8 Å². The first-order valence-corrected chi connectivity index (χ1v) is 14.3. The van der Waals surface area contributed by atoms with Gasteiger partial charge in [-0.05, 0) is 69.4 Å². The molecule has 0 saturated heterocycles. The molecule has 208 valence electrons. The van der Waals surface area contributed by atoms with E-state index in [4.69, 9.17) is 8.83 Å². The van der Waals surface area contributed by atoms with Crippen LogP contribution in [0, 0.1) is 0 Å². The summed E-state index contributed by atoms with van der Waals surface area (Å²) in [5, 5.41) is 19.4. The summed E-state index contributed by atoms with van der Waals surface area (Å²) >= 11 is 0. The average Bonchev–Trinajstić information content (AvgIpc) is 3.80. The number of benzene rings is 6. The van der Waals surface area contributed by atoms with Crippen molar-refractivity contribution in [1.82, 2.24) is 20.4 Å². The summed E-state index contributed by atoms with van der Waals surface area (Å²) in [6.07, 6.45) is 0. The molecule has 8 aromatic rings. The van der Waals surface area contributed by atoms with Gasteiger partial charge < -0.3 is 8.83 Å². The molecule has 0 fully saturated rings. The minimum atomic E-state index is 0.444. The predicted octanol–water partition coefficient (Wildman–Crippen LogP) is 9.61. The van der Waals surface area contributed by atoms with Gasteiger partial charge in [0.1, 0.15) is 0 Å². The van der Waals surface area contributed by atoms with Crippen LogP contribution in [-0.4, -0.2) is 20.4 Å². The Morgan fingerprint density at radius 2 is 0.591 bits per heavy atom. The van der Waals surface area contributed by atoms with Gasteiger partial charge in [0.15, 0.2) is 0 Å². The predicted molar refractivity (Wildman–Crippen MR) is 172 cm³/mol. The fraction of sp³-hybridized carbons (Fsp3) is 0. The van der Waals surface area contributed by atoms with Gasteiger partial charge in [-0.25, -0.2) is 0 Å². The van der Waals surface area contributed by atoms with Crippen molar-refractivity contribution in [3.63, 3.8) is 0 Å². The van der Waals surface area contributed by atoms with Gasteiger partial charge >= 0.3 is 0 Å². The molecule has 0 amide bonds. The molecule has 0 bridgehead atoms. The quantitative estimate of drug-likeness (QED) is 0.199. The molecule has 0 aliphatic heterocycles. The third kappa shape index (κ3) is 4.74. The Balaban J connectivity index is 1.09. The highest BCUT2D eigenvalue weighted by Gasteiger charge is 2.18. The van der Waals surface area contributed by atoms with Crippen molar-refractivity contribution in [1.29, 1.82) is 0 Å². The molecule has 0 radical (unpaired) electrons. The minimum absolute atomic E-state index is 0.444. The highest BCUT2D eigenvalue weighted by atomic mass is 16.4. The molecule has 0 aliphatic rings. The first kappa shape index (κ1) is 25.6. The van der Waals surface area contributed by atoms with Crippen LogP contribution in [0.1, 0.15) is 0 Å². The number of fused-ring (bicyclic) bond motifs is 1. The zero-order valence-corrected chi connectivity index (χ0v) is 23.5. The summed E-state index contributed by atoms with van der Waals surface area (Å²) < 4.78 is 12.4. The van der Waals surface area contributed by atoms with Crippen molar-refractivity contribution < 1.29 is 8.83 Å². The van der Waals surface area contributed by atoms with Gasteiger partial charge in [-0.3, -0.25) is 0 Å². The number of hydrogen-bond donors (Lipinski definition) is 0. The van der Waals surface area contributed by atoms with Crippen LogP contribution in [0.3, 0.4) is 0 Å². The van der Waals surface area contributed by atoms with Crippen molar-refractivity contribution in [3.05, 3.63) is 146 Å². The first-order valence-electron chi connectivity index (χ1n) is 14.3. The monoisotopic (exact) mass is 568 g/mol. The maximum atomic E-state index is 6.18. The standard InChI is InChI=1S/C38H24N4O2/c1-3-9-25(10-4-1)27-15-19-29(20-16-27)35-39-41-37(43-35)33-23-24-34(32-14-8-7-13-31(32)33)38-42-40-36(44-38)30-21-17-28(18-22-30)26-11-5-2-6-12-26/h1-24H. The van der Waals surface area contributed by atoms with Gasteiger partial charge in [-0.15, -0.1) is 20.4 Å². The van der Waals surface area contributed by atoms with E-state index in [1.165, 1.54) is 0 Å². The SMILES string of the molecule is c1ccc(-c2ccc(-c3nnc(-c4ccc(-c5nnc(-c6ccc(-c7ccccc7)cc6)o5)c5ccccc45)o3)cc2)cc1. The van der Waals surface area contributed by atoms with E-state index in [1.54, 1.807) is 0 Å². The van der Waals surface area contributed by atoms with Crippen LogP contribution >= 0.6 is 0 Å². The van der Waals surface area contributed by atoms with E-state index in [9.17, 15) is 0 Å². The smallest absolute Gasteiger partial charge is 0.248 e. The summed E-state index contributed by atoms with van der Waals surface area (Å²) in [5.41, 5.74) is 7.96. The average molecular weight is 569 g/mol. The molecular weight excluding hydrogens is 544 g/mol. The van der Waals surface area contributed by atoms with Crippen molar-refractivity contribution >= 4 is 10.8 Å². The third-order valence-electron chi connectivity index (χ3n) is 7.71. The molecule has 6 nitrogen and oxygen atoms in total. The van der Waals surface area contributed by atoms with Crippen LogP contribution in [0.5, 0.6) is 0 Å². The van der Waals surface area contributed by atoms with Crippen LogP contribution in [0.15, 0.2) is 154 Å². The van der Waals surface area contributed by atoms with E-state index in [0.29, 0.717) is 23.6 Å². The van der Waals surface area contributed by atoms with Gasteiger partial charge in [0.2, 0.25) is 23.6 Å². The normalized spacial score (nSPS) is 11.2. The molecule has 2 heterocycles. The summed E-state index contributed by atoms with van der Waals surface area (Å²) in [6, 6.07) is 48.8. The summed E-state index contributed by atoms with van der Waals surface area (Å²) in [6.45, 7) is 0. The Labute approximate surface area is 253 Å². The second-order valence-electron chi connectivity index (χ2n) is 10.4. The largest absolute Gasteiger partial charge is 0.416 e. The molecule has 44 heavy (non-hydrogen) atoms. The lowest BCUT2D eigenvalue weighted by molar-refractivity contribution is 0.583. The Hall–Kier alpha value is -6.14. The van der Waals surface area contributed by atoms with Crippen LogP contribution in [0.25, 0.3) is 78.8 Å². The third-order valence-corrected chi connectivity index (χ3v) is 7.71. The van der Waals surface area contributed by atoms with Crippen molar-refractivity contribution in [3.8, 4) is 68.1 Å². The minimum Gasteiger partial charge on any atom is -0.416 e. The molecule has 0 atom stereocenters. The maximum Gasteiger partial charge on any atom is 0.248 e. The lowest BCUT2D eigenvalue weighted by Crippen LogP contribution is -1.86. The first-order chi connectivity index (χ1) is 21.8. The van der Waals surface area contributed by atoms with Gasteiger partial charge in [-0.2, -0.15) is 0 Å². The molecule has 2 aromatic heterocycles. The molecule has 0 unspecified atom stereocenters. The number of rotatable bonds is 6. The van der Waals surface area contributed by atoms with E-state index in [-0.39, 0.29) is 0 Å². The highest BCUT2D eigenvalue weighted by molar-refractivity contribution is 6.02. The Morgan fingerprint density at radius 1 is 0.273 bits per heavy atom. The van der Waals surface area contributed by atoms with Gasteiger partial charge in [0.25, 0.3) is 0 Å². The van der Waals surface area contributed by atoms with E-state index in [1.807, 2.05) is 97.1 Å². The van der Waals surface area contributed by atoms with Gasteiger partial charge in [0.05, 0.1) is 0 Å². The lowest BCUT2D eigenvalue weighted by Gasteiger charge is -2.07. The van der Waals surface area contributed by atoms with Gasteiger partial charge in [-0.1, -0.05) is 109 Å². The van der Waals surface area contributed by atoms with E-state index in [0.717, 1.165) is 55.3 Å². The number of nitrogens with zero attached hydrogens (tertiary/aromatic N) is 4. The lowest BCUT2D eigenvalue weighted by atomic mass is 9.99. The second-order valence-corrected chi connectivity index (χ2v) is 10.4. The van der Waals surface area contributed by atoms with Crippen LogP contribution in [0.4, 0.5) is 0 Å². The Bertz CT molecular complexity index is 2040. The van der Waals surface area contributed by atoms with E-state index in [2.05, 4.69) is 68.9 Å². The number of hydrogen-bond acceptors (Lipinski definition) is 6. The molecule has 0 aliphatic carbocycles. The molecule has 0 N–H and O–H groups in total. The second kappa shape index (κ2) is 10.9. The van der Waals surface area contributed by atoms with E-state index >= 15 is 0 Å². The van der Waals surface area contributed by atoms with Crippen LogP contribution < -0.4 is 0 Å². The fourth-order valence-corrected chi connectivity index (χ4v) is 5.44. The molecule has 6 aromatic carbocycles. The molecule has 0 spiro atoms. The van der Waals surface area contributed by atoms with Crippen LogP contribution in [-0.2, 0) is 0 Å². The van der Waals surface area contributed by atoms with E-state index < -0.39 is 0 Å². The van der Waals surface area contributed by atoms with Crippen molar-refractivity contribution in [2.45, 2.75) is 0 Å². The van der Waals surface area contributed by atoms with Crippen molar-refractivity contribution in [2.75, 3.05) is 0 Å². The summed E-state index contributed by atoms with van der Waals surface area (Å²) in [5.74, 6) is 1.82. The Morgan fingerprint density at radius 3 is 1.00 bits per heavy atom.